The quantitative estimate of drug-likeness (QED) is 0.659. The lowest BCUT2D eigenvalue weighted by Crippen LogP contribution is -1.96. The molecular weight excluding hydrogens is 142 g/mol. The number of rotatable bonds is 1. The Morgan fingerprint density at radius 2 is 1.82 bits per heavy atom. The maximum atomic E-state index is 5.33. The van der Waals surface area contributed by atoms with Crippen LogP contribution in [0, 0.1) is 0 Å². The summed E-state index contributed by atoms with van der Waals surface area (Å²) in [6.45, 7) is 4.00. The van der Waals surface area contributed by atoms with Crippen molar-refractivity contribution in [2.45, 2.75) is 13.8 Å². The number of hydrogen-bond donors (Lipinski definition) is 1. The van der Waals surface area contributed by atoms with Crippen molar-refractivity contribution in [3.05, 3.63) is 12.4 Å². The molecule has 0 aromatic carbocycles. The van der Waals surface area contributed by atoms with E-state index in [-0.39, 0.29) is 0 Å². The lowest BCUT2D eigenvalue weighted by molar-refractivity contribution is 0.398. The standard InChI is InChI=1S/C5H7N3O.C2H6/c1-9-5-4(6)7-2-3-8-5;1-2/h2-3H,1H3,(H2,6,7);1-2H3. The van der Waals surface area contributed by atoms with Crippen LogP contribution >= 0.6 is 0 Å². The highest BCUT2D eigenvalue weighted by Gasteiger charge is 1.95. The molecule has 0 aliphatic carbocycles. The Morgan fingerprint density at radius 3 is 2.18 bits per heavy atom. The fourth-order valence-corrected chi connectivity index (χ4v) is 0.493. The van der Waals surface area contributed by atoms with Gasteiger partial charge in [0.25, 0.3) is 5.88 Å². The summed E-state index contributed by atoms with van der Waals surface area (Å²) in [7, 11) is 1.50. The summed E-state index contributed by atoms with van der Waals surface area (Å²) in [6, 6.07) is 0. The lowest BCUT2D eigenvalue weighted by Gasteiger charge is -1.97. The molecule has 0 amide bonds. The molecule has 1 rings (SSSR count). The highest BCUT2D eigenvalue weighted by atomic mass is 16.5. The highest BCUT2D eigenvalue weighted by molar-refractivity contribution is 5.38. The number of methoxy groups -OCH3 is 1. The van der Waals surface area contributed by atoms with Gasteiger partial charge in [-0.15, -0.1) is 0 Å². The van der Waals surface area contributed by atoms with Crippen LogP contribution < -0.4 is 10.5 Å². The van der Waals surface area contributed by atoms with Gasteiger partial charge in [-0.25, -0.2) is 9.97 Å². The first-order valence-electron chi connectivity index (χ1n) is 3.45. The number of aromatic nitrogens is 2. The smallest absolute Gasteiger partial charge is 0.256 e. The first-order valence-corrected chi connectivity index (χ1v) is 3.45. The van der Waals surface area contributed by atoms with E-state index in [4.69, 9.17) is 10.5 Å². The molecule has 0 saturated carbocycles. The monoisotopic (exact) mass is 155 g/mol. The van der Waals surface area contributed by atoms with Crippen molar-refractivity contribution in [3.8, 4) is 5.88 Å². The SMILES string of the molecule is CC.COc1nccnc1N. The zero-order valence-corrected chi connectivity index (χ0v) is 7.03. The summed E-state index contributed by atoms with van der Waals surface area (Å²) in [6.07, 6.45) is 3.03. The molecule has 0 radical (unpaired) electrons. The van der Waals surface area contributed by atoms with Crippen molar-refractivity contribution >= 4 is 5.82 Å². The second-order valence-electron chi connectivity index (χ2n) is 1.45. The molecule has 1 aromatic heterocycles. The first-order chi connectivity index (χ1) is 5.34. The molecule has 0 bridgehead atoms. The molecule has 4 heteroatoms. The second-order valence-corrected chi connectivity index (χ2v) is 1.45. The summed E-state index contributed by atoms with van der Waals surface area (Å²) in [5.74, 6) is 0.692. The fourth-order valence-electron chi connectivity index (χ4n) is 0.493. The van der Waals surface area contributed by atoms with E-state index >= 15 is 0 Å². The van der Waals surface area contributed by atoms with Crippen molar-refractivity contribution < 1.29 is 4.74 Å². The minimum absolute atomic E-state index is 0.319. The van der Waals surface area contributed by atoms with Crippen LogP contribution in [0.2, 0.25) is 0 Å². The molecule has 1 aromatic rings. The number of nitrogens with zero attached hydrogens (tertiary/aromatic N) is 2. The fraction of sp³-hybridized carbons (Fsp3) is 0.429. The molecule has 0 aliphatic heterocycles. The predicted molar refractivity (Wildman–Crippen MR) is 44.3 cm³/mol. The van der Waals surface area contributed by atoms with Crippen LogP contribution in [0.4, 0.5) is 5.82 Å². The third kappa shape index (κ3) is 2.84. The van der Waals surface area contributed by atoms with Crippen LogP contribution in [0.25, 0.3) is 0 Å². The van der Waals surface area contributed by atoms with Gasteiger partial charge in [0.1, 0.15) is 0 Å². The van der Waals surface area contributed by atoms with Crippen molar-refractivity contribution in [2.75, 3.05) is 12.8 Å². The summed E-state index contributed by atoms with van der Waals surface area (Å²) in [5, 5.41) is 0. The summed E-state index contributed by atoms with van der Waals surface area (Å²) in [4.78, 5) is 7.53. The normalized spacial score (nSPS) is 7.91. The van der Waals surface area contributed by atoms with Crippen LogP contribution in [-0.2, 0) is 0 Å². The molecule has 0 aliphatic rings. The van der Waals surface area contributed by atoms with E-state index in [1.165, 1.54) is 19.5 Å². The second kappa shape index (κ2) is 5.46. The van der Waals surface area contributed by atoms with E-state index < -0.39 is 0 Å². The Hall–Kier alpha value is -1.32. The van der Waals surface area contributed by atoms with E-state index in [2.05, 4.69) is 9.97 Å². The van der Waals surface area contributed by atoms with Gasteiger partial charge in [0.2, 0.25) is 0 Å². The zero-order valence-electron chi connectivity index (χ0n) is 7.03. The Bertz CT molecular complexity index is 203. The van der Waals surface area contributed by atoms with Gasteiger partial charge in [-0.2, -0.15) is 0 Å². The molecule has 11 heavy (non-hydrogen) atoms. The van der Waals surface area contributed by atoms with E-state index in [1.54, 1.807) is 0 Å². The molecule has 4 nitrogen and oxygen atoms in total. The van der Waals surface area contributed by atoms with Crippen LogP contribution in [0.5, 0.6) is 5.88 Å². The maximum absolute atomic E-state index is 5.33. The Morgan fingerprint density at radius 1 is 1.27 bits per heavy atom. The minimum Gasteiger partial charge on any atom is -0.478 e. The average molecular weight is 155 g/mol. The van der Waals surface area contributed by atoms with Crippen molar-refractivity contribution in [2.24, 2.45) is 0 Å². The third-order valence-electron chi connectivity index (χ3n) is 0.885. The van der Waals surface area contributed by atoms with Gasteiger partial charge >= 0.3 is 0 Å². The van der Waals surface area contributed by atoms with E-state index in [9.17, 15) is 0 Å². The number of hydrogen-bond acceptors (Lipinski definition) is 4. The van der Waals surface area contributed by atoms with Crippen LogP contribution in [0.3, 0.4) is 0 Å². The molecule has 2 N–H and O–H groups in total. The Balaban J connectivity index is 0.000000461. The van der Waals surface area contributed by atoms with E-state index in [1.807, 2.05) is 13.8 Å². The maximum Gasteiger partial charge on any atom is 0.256 e. The average Bonchev–Trinajstić information content (AvgIpc) is 2.09. The number of anilines is 1. The summed E-state index contributed by atoms with van der Waals surface area (Å²) >= 11 is 0. The van der Waals surface area contributed by atoms with Gasteiger partial charge in [-0.05, 0) is 0 Å². The molecular formula is C7H13N3O. The number of ether oxygens (including phenoxy) is 1. The number of nitrogens with two attached hydrogens (primary N) is 1. The first kappa shape index (κ1) is 9.68. The van der Waals surface area contributed by atoms with Crippen LogP contribution in [-0.4, -0.2) is 17.1 Å². The molecule has 0 fully saturated rings. The van der Waals surface area contributed by atoms with Crippen molar-refractivity contribution in [3.63, 3.8) is 0 Å². The van der Waals surface area contributed by atoms with Gasteiger partial charge in [0.05, 0.1) is 7.11 Å². The van der Waals surface area contributed by atoms with E-state index in [0.29, 0.717) is 11.7 Å². The number of nitrogen functional groups attached to an aromatic ring is 1. The molecule has 0 unspecified atom stereocenters. The molecule has 1 heterocycles. The highest BCUT2D eigenvalue weighted by Crippen LogP contribution is 2.10. The van der Waals surface area contributed by atoms with Gasteiger partial charge in [0, 0.05) is 12.4 Å². The predicted octanol–water partition coefficient (Wildman–Crippen LogP) is 1.09. The molecule has 0 saturated heterocycles. The Labute approximate surface area is 66.4 Å². The van der Waals surface area contributed by atoms with Gasteiger partial charge < -0.3 is 10.5 Å². The van der Waals surface area contributed by atoms with Crippen molar-refractivity contribution in [1.29, 1.82) is 0 Å². The third-order valence-corrected chi connectivity index (χ3v) is 0.885. The topological polar surface area (TPSA) is 61.0 Å². The van der Waals surface area contributed by atoms with Gasteiger partial charge in [-0.1, -0.05) is 13.8 Å². The van der Waals surface area contributed by atoms with E-state index in [0.717, 1.165) is 0 Å². The molecule has 62 valence electrons. The van der Waals surface area contributed by atoms with Crippen molar-refractivity contribution in [1.82, 2.24) is 9.97 Å². The zero-order chi connectivity index (χ0) is 8.69. The van der Waals surface area contributed by atoms with Gasteiger partial charge in [-0.3, -0.25) is 0 Å². The minimum atomic E-state index is 0.319. The lowest BCUT2D eigenvalue weighted by atomic mass is 10.6. The summed E-state index contributed by atoms with van der Waals surface area (Å²) in [5.41, 5.74) is 5.33. The van der Waals surface area contributed by atoms with Crippen LogP contribution in [0.15, 0.2) is 12.4 Å². The molecule has 0 atom stereocenters. The largest absolute Gasteiger partial charge is 0.478 e. The summed E-state index contributed by atoms with van der Waals surface area (Å²) < 4.78 is 4.75. The molecule has 0 spiro atoms. The Kier molecular flexibility index (Phi) is 4.81. The van der Waals surface area contributed by atoms with Crippen LogP contribution in [0.1, 0.15) is 13.8 Å². The van der Waals surface area contributed by atoms with Gasteiger partial charge in [0.15, 0.2) is 5.82 Å².